The van der Waals surface area contributed by atoms with Crippen LogP contribution in [-0.2, 0) is 0 Å². The summed E-state index contributed by atoms with van der Waals surface area (Å²) in [5.74, 6) is 0. The Hall–Kier alpha value is -0.909. The topological polar surface area (TPSA) is 0 Å². The maximum Gasteiger partial charge on any atom is 0.116 e. The van der Waals surface area contributed by atoms with Crippen molar-refractivity contribution in [2.24, 2.45) is 0 Å². The van der Waals surface area contributed by atoms with Crippen molar-refractivity contribution in [3.8, 4) is 0 Å². The molecule has 0 aliphatic rings. The molecule has 0 amide bonds. The van der Waals surface area contributed by atoms with Crippen LogP contribution in [0.15, 0.2) is 60.7 Å². The smallest absolute Gasteiger partial charge is 0.0697 e. The van der Waals surface area contributed by atoms with Crippen molar-refractivity contribution in [3.63, 3.8) is 0 Å². The van der Waals surface area contributed by atoms with Gasteiger partial charge in [-0.15, -0.1) is 0 Å². The van der Waals surface area contributed by atoms with Crippen molar-refractivity contribution in [2.45, 2.75) is 69.9 Å². The number of hydrogen-bond donors (Lipinski definition) is 0. The third kappa shape index (κ3) is 4.49. The highest BCUT2D eigenvalue weighted by atomic mass is 28.5. The van der Waals surface area contributed by atoms with Crippen LogP contribution in [0.5, 0.6) is 0 Å². The lowest BCUT2D eigenvalue weighted by molar-refractivity contribution is 0.869. The molecule has 142 valence electrons. The summed E-state index contributed by atoms with van der Waals surface area (Å²) in [5, 5.41) is 3.35. The Kier molecular flexibility index (Phi) is 6.92. The van der Waals surface area contributed by atoms with Gasteiger partial charge in [0.15, 0.2) is 0 Å². The second kappa shape index (κ2) is 8.41. The van der Waals surface area contributed by atoms with Gasteiger partial charge in [0.05, 0.1) is 0 Å². The van der Waals surface area contributed by atoms with Gasteiger partial charge in [-0.1, -0.05) is 130 Å². The fraction of sp³-hybridized carbons (Fsp3) is 0.478. The zero-order valence-corrected chi connectivity index (χ0v) is 21.0. The summed E-state index contributed by atoms with van der Waals surface area (Å²) < 4.78 is 0. The summed E-state index contributed by atoms with van der Waals surface area (Å²) in [5.41, 5.74) is 0. The quantitative estimate of drug-likeness (QED) is 0.466. The molecule has 0 N–H and O–H groups in total. The second-order valence-corrected chi connectivity index (χ2v) is 26.5. The molecule has 0 atom stereocenters. The highest BCUT2D eigenvalue weighted by molar-refractivity contribution is 7.21. The molecule has 0 aromatic heterocycles. The lowest BCUT2D eigenvalue weighted by atomic mass is 10.4. The first-order valence-electron chi connectivity index (χ1n) is 10.2. The van der Waals surface area contributed by atoms with Crippen LogP contribution in [0.2, 0.25) is 50.1 Å². The maximum atomic E-state index is 2.63. The minimum absolute atomic E-state index is 0.929. The van der Waals surface area contributed by atoms with E-state index in [1.54, 1.807) is 10.4 Å². The fourth-order valence-corrected chi connectivity index (χ4v) is 35.1. The molecule has 0 spiro atoms. The van der Waals surface area contributed by atoms with Gasteiger partial charge >= 0.3 is 0 Å². The summed E-state index contributed by atoms with van der Waals surface area (Å²) in [6, 6.07) is 24.7. The molecular formula is C23H38Si3. The van der Waals surface area contributed by atoms with Crippen molar-refractivity contribution in [1.29, 1.82) is 0 Å². The predicted octanol–water partition coefficient (Wildman–Crippen LogP) is 6.17. The zero-order valence-electron chi connectivity index (χ0n) is 18.0. The fourth-order valence-electron chi connectivity index (χ4n) is 5.64. The summed E-state index contributed by atoms with van der Waals surface area (Å²) in [6.07, 6.45) is 2.64. The van der Waals surface area contributed by atoms with Crippen molar-refractivity contribution < 1.29 is 0 Å². The standard InChI is InChI=1S/C23H38Si3/c1-8-9-20-26(21-16-12-10-13-17-21,22-18-14-11-15-19-22)23(24(2,3)4)25(5,6)7/h10-19,23H,8-9,20H2,1-7H3. The summed E-state index contributed by atoms with van der Waals surface area (Å²) in [4.78, 5) is 0.929. The van der Waals surface area contributed by atoms with Gasteiger partial charge in [0.25, 0.3) is 0 Å². The molecule has 0 aliphatic carbocycles. The number of hydrogen-bond acceptors (Lipinski definition) is 0. The van der Waals surface area contributed by atoms with Crippen molar-refractivity contribution in [1.82, 2.24) is 0 Å². The van der Waals surface area contributed by atoms with E-state index in [2.05, 4.69) is 107 Å². The summed E-state index contributed by atoms with van der Waals surface area (Å²) >= 11 is 0. The molecule has 0 fully saturated rings. The lowest BCUT2D eigenvalue weighted by Crippen LogP contribution is -2.71. The molecule has 0 unspecified atom stereocenters. The first-order valence-corrected chi connectivity index (χ1v) is 19.7. The van der Waals surface area contributed by atoms with E-state index in [4.69, 9.17) is 0 Å². The molecule has 2 rings (SSSR count). The number of benzene rings is 2. The number of unbranched alkanes of at least 4 members (excludes halogenated alkanes) is 1. The Morgan fingerprint density at radius 2 is 1.04 bits per heavy atom. The molecule has 0 saturated heterocycles. The molecule has 0 heterocycles. The first-order chi connectivity index (χ1) is 12.1. The lowest BCUT2D eigenvalue weighted by Gasteiger charge is -2.52. The zero-order chi connectivity index (χ0) is 19.4. The summed E-state index contributed by atoms with van der Waals surface area (Å²) in [7, 11) is -4.54. The molecule has 2 aromatic carbocycles. The van der Waals surface area contributed by atoms with E-state index < -0.39 is 24.2 Å². The van der Waals surface area contributed by atoms with Crippen LogP contribution in [-0.4, -0.2) is 24.2 Å². The van der Waals surface area contributed by atoms with Crippen molar-refractivity contribution in [2.75, 3.05) is 0 Å². The van der Waals surface area contributed by atoms with E-state index in [-0.39, 0.29) is 0 Å². The first kappa shape index (κ1) is 21.4. The van der Waals surface area contributed by atoms with Crippen LogP contribution in [0, 0.1) is 0 Å². The largest absolute Gasteiger partial charge is 0.116 e. The minimum atomic E-state index is -1.85. The van der Waals surface area contributed by atoms with E-state index in [0.717, 1.165) is 4.79 Å². The highest BCUT2D eigenvalue weighted by Crippen LogP contribution is 2.42. The predicted molar refractivity (Wildman–Crippen MR) is 128 cm³/mol. The van der Waals surface area contributed by atoms with Crippen LogP contribution in [0.4, 0.5) is 0 Å². The van der Waals surface area contributed by atoms with Gasteiger partial charge in [0, 0.05) is 16.1 Å². The molecule has 0 nitrogen and oxygen atoms in total. The van der Waals surface area contributed by atoms with E-state index in [1.807, 2.05) is 0 Å². The Morgan fingerprint density at radius 1 is 0.654 bits per heavy atom. The SMILES string of the molecule is CCCC[Si](c1ccccc1)(c1ccccc1)C([Si](C)(C)C)[Si](C)(C)C. The Bertz CT molecular complexity index is 613. The van der Waals surface area contributed by atoms with Crippen LogP contribution < -0.4 is 10.4 Å². The van der Waals surface area contributed by atoms with Gasteiger partial charge < -0.3 is 0 Å². The second-order valence-electron chi connectivity index (χ2n) is 9.97. The van der Waals surface area contributed by atoms with Crippen molar-refractivity contribution >= 4 is 34.6 Å². The van der Waals surface area contributed by atoms with Crippen LogP contribution >= 0.6 is 0 Å². The average molecular weight is 399 g/mol. The number of rotatable bonds is 8. The molecule has 0 aliphatic heterocycles. The van der Waals surface area contributed by atoms with Gasteiger partial charge in [-0.3, -0.25) is 0 Å². The molecular weight excluding hydrogens is 361 g/mol. The molecule has 0 bridgehead atoms. The van der Waals surface area contributed by atoms with E-state index in [1.165, 1.54) is 18.9 Å². The third-order valence-electron chi connectivity index (χ3n) is 5.73. The molecule has 26 heavy (non-hydrogen) atoms. The normalized spacial score (nSPS) is 13.2. The minimum Gasteiger partial charge on any atom is -0.0697 e. The Balaban J connectivity index is 2.86. The van der Waals surface area contributed by atoms with E-state index in [0.29, 0.717) is 0 Å². The van der Waals surface area contributed by atoms with Gasteiger partial charge in [-0.25, -0.2) is 0 Å². The van der Waals surface area contributed by atoms with Gasteiger partial charge in [0.1, 0.15) is 8.07 Å². The van der Waals surface area contributed by atoms with Crippen molar-refractivity contribution in [3.05, 3.63) is 60.7 Å². The van der Waals surface area contributed by atoms with E-state index >= 15 is 0 Å². The average Bonchev–Trinajstić information content (AvgIpc) is 2.57. The molecule has 0 saturated carbocycles. The molecule has 0 radical (unpaired) electrons. The Labute approximate surface area is 165 Å². The third-order valence-corrected chi connectivity index (χ3v) is 27.4. The van der Waals surface area contributed by atoms with Crippen LogP contribution in [0.1, 0.15) is 19.8 Å². The van der Waals surface area contributed by atoms with Gasteiger partial charge in [-0.2, -0.15) is 0 Å². The van der Waals surface area contributed by atoms with Crippen LogP contribution in [0.25, 0.3) is 0 Å². The monoisotopic (exact) mass is 398 g/mol. The van der Waals surface area contributed by atoms with E-state index in [9.17, 15) is 0 Å². The molecule has 3 heteroatoms. The maximum absolute atomic E-state index is 2.63. The van der Waals surface area contributed by atoms with Gasteiger partial charge in [0.2, 0.25) is 0 Å². The summed E-state index contributed by atoms with van der Waals surface area (Å²) in [6.45, 7) is 18.2. The highest BCUT2D eigenvalue weighted by Gasteiger charge is 2.54. The van der Waals surface area contributed by atoms with Gasteiger partial charge in [-0.05, 0) is 10.8 Å². The van der Waals surface area contributed by atoms with Crippen LogP contribution in [0.3, 0.4) is 0 Å². The molecule has 2 aromatic rings. The Morgan fingerprint density at radius 3 is 1.35 bits per heavy atom.